The Bertz CT molecular complexity index is 265. The van der Waals surface area contributed by atoms with E-state index in [1.54, 1.807) is 0 Å². The highest BCUT2D eigenvalue weighted by molar-refractivity contribution is 5.36. The minimum atomic E-state index is -0.111. The average Bonchev–Trinajstić information content (AvgIpc) is 2.29. The van der Waals surface area contributed by atoms with Crippen LogP contribution >= 0.6 is 0 Å². The van der Waals surface area contributed by atoms with Gasteiger partial charge >= 0.3 is 0 Å². The molecule has 0 saturated heterocycles. The van der Waals surface area contributed by atoms with Crippen LogP contribution in [0, 0.1) is 6.92 Å². The number of carbonyl (C=O) groups excluding carboxylic acids is 1. The molecule has 4 nitrogen and oxygen atoms in total. The molecule has 0 heterocycles. The monoisotopic (exact) mass is 224 g/mol. The van der Waals surface area contributed by atoms with E-state index < -0.39 is 0 Å². The quantitative estimate of drug-likeness (QED) is 0.726. The molecule has 0 bridgehead atoms. The Kier molecular flexibility index (Phi) is 9.26. The third-order valence-corrected chi connectivity index (χ3v) is 1.86. The number of nitrogens with two attached hydrogens (primary N) is 2. The molecule has 0 aliphatic rings. The summed E-state index contributed by atoms with van der Waals surface area (Å²) in [6.45, 7) is 3.26. The fourth-order valence-corrected chi connectivity index (χ4v) is 0.995. The van der Waals surface area contributed by atoms with Crippen molar-refractivity contribution in [3.63, 3.8) is 0 Å². The van der Waals surface area contributed by atoms with E-state index in [9.17, 15) is 4.79 Å². The van der Waals surface area contributed by atoms with E-state index >= 15 is 0 Å². The normalized spacial score (nSPS) is 10.9. The maximum absolute atomic E-state index is 9.60. The molecule has 1 unspecified atom stereocenters. The van der Waals surface area contributed by atoms with Crippen molar-refractivity contribution in [2.45, 2.75) is 19.4 Å². The van der Waals surface area contributed by atoms with E-state index in [1.165, 1.54) is 5.56 Å². The fourth-order valence-electron chi connectivity index (χ4n) is 0.995. The summed E-state index contributed by atoms with van der Waals surface area (Å²) in [6, 6.07) is 10.2. The van der Waals surface area contributed by atoms with Gasteiger partial charge in [0.05, 0.1) is 0 Å². The van der Waals surface area contributed by atoms with Crippen molar-refractivity contribution in [3.05, 3.63) is 35.9 Å². The van der Waals surface area contributed by atoms with Crippen LogP contribution in [0.5, 0.6) is 0 Å². The molecule has 16 heavy (non-hydrogen) atoms. The van der Waals surface area contributed by atoms with Crippen LogP contribution in [0.2, 0.25) is 0 Å². The summed E-state index contributed by atoms with van der Waals surface area (Å²) < 4.78 is 4.39. The Morgan fingerprint density at radius 3 is 2.38 bits per heavy atom. The van der Waals surface area contributed by atoms with Crippen LogP contribution in [0.4, 0.5) is 0 Å². The third-order valence-electron chi connectivity index (χ3n) is 1.86. The maximum Gasteiger partial charge on any atom is 0.293 e. The predicted molar refractivity (Wildman–Crippen MR) is 64.8 cm³/mol. The number of carbonyl (C=O) groups is 1. The molecule has 0 amide bonds. The summed E-state index contributed by atoms with van der Waals surface area (Å²) in [5.41, 5.74) is 11.9. The van der Waals surface area contributed by atoms with Crippen molar-refractivity contribution in [3.8, 4) is 0 Å². The lowest BCUT2D eigenvalue weighted by molar-refractivity contribution is -0.129. The Balaban J connectivity index is 0.000000288. The van der Waals surface area contributed by atoms with E-state index in [2.05, 4.69) is 23.8 Å². The molecule has 0 aliphatic carbocycles. The van der Waals surface area contributed by atoms with Crippen LogP contribution in [-0.2, 0) is 9.53 Å². The molecular formula is C12H20N2O2. The molecule has 1 aromatic rings. The first-order valence-corrected chi connectivity index (χ1v) is 5.23. The smallest absolute Gasteiger partial charge is 0.293 e. The second-order valence-corrected chi connectivity index (χ2v) is 3.42. The zero-order valence-electron chi connectivity index (χ0n) is 9.63. The predicted octanol–water partition coefficient (Wildman–Crippen LogP) is 0.831. The van der Waals surface area contributed by atoms with Gasteiger partial charge in [-0.3, -0.25) is 4.79 Å². The molecule has 1 atom stereocenters. The molecular weight excluding hydrogens is 204 g/mol. The summed E-state index contributed by atoms with van der Waals surface area (Å²) in [7, 11) is 0. The van der Waals surface area contributed by atoms with Gasteiger partial charge in [-0.15, -0.1) is 0 Å². The van der Waals surface area contributed by atoms with Gasteiger partial charge in [0.15, 0.2) is 0 Å². The third kappa shape index (κ3) is 9.18. The Morgan fingerprint density at radius 2 is 2.00 bits per heavy atom. The molecule has 1 rings (SSSR count). The average molecular weight is 224 g/mol. The molecule has 1 aromatic carbocycles. The summed E-state index contributed by atoms with van der Waals surface area (Å²) in [5, 5.41) is 0. The van der Waals surface area contributed by atoms with Crippen molar-refractivity contribution in [1.29, 1.82) is 0 Å². The minimum absolute atomic E-state index is 0.111. The van der Waals surface area contributed by atoms with Crippen LogP contribution in [0.3, 0.4) is 0 Å². The number of benzene rings is 1. The van der Waals surface area contributed by atoms with Crippen molar-refractivity contribution >= 4 is 6.47 Å². The standard InChI is InChI=1S/C7H8.C5H12N2O2/c1-7-5-3-2-4-6-7;6-2-1-5(7)3-9-4-8/h2-6H,1H3;4-5H,1-3,6-7H2. The lowest BCUT2D eigenvalue weighted by Gasteiger charge is -2.06. The number of hydrogen-bond acceptors (Lipinski definition) is 4. The molecule has 0 aliphatic heterocycles. The summed E-state index contributed by atoms with van der Waals surface area (Å²) in [4.78, 5) is 9.60. The minimum Gasteiger partial charge on any atom is -0.466 e. The van der Waals surface area contributed by atoms with Gasteiger partial charge in [0.1, 0.15) is 6.61 Å². The lowest BCUT2D eigenvalue weighted by atomic mass is 10.2. The van der Waals surface area contributed by atoms with Gasteiger partial charge in [0.25, 0.3) is 6.47 Å². The first-order chi connectivity index (χ1) is 7.70. The zero-order chi connectivity index (χ0) is 12.2. The van der Waals surface area contributed by atoms with E-state index in [-0.39, 0.29) is 12.6 Å². The molecule has 0 spiro atoms. The number of ether oxygens (including phenoxy) is 1. The Labute approximate surface area is 96.6 Å². The lowest BCUT2D eigenvalue weighted by Crippen LogP contribution is -2.28. The summed E-state index contributed by atoms with van der Waals surface area (Å²) in [6.07, 6.45) is 0.688. The first kappa shape index (κ1) is 14.6. The highest BCUT2D eigenvalue weighted by atomic mass is 16.5. The molecule has 4 heteroatoms. The fraction of sp³-hybridized carbons (Fsp3) is 0.417. The van der Waals surface area contributed by atoms with Crippen LogP contribution in [-0.4, -0.2) is 25.7 Å². The van der Waals surface area contributed by atoms with E-state index in [0.29, 0.717) is 19.4 Å². The van der Waals surface area contributed by atoms with Gasteiger partial charge in [-0.2, -0.15) is 0 Å². The summed E-state index contributed by atoms with van der Waals surface area (Å²) in [5.74, 6) is 0. The van der Waals surface area contributed by atoms with Gasteiger partial charge in [0, 0.05) is 6.04 Å². The van der Waals surface area contributed by atoms with E-state index in [1.807, 2.05) is 18.2 Å². The molecule has 0 aromatic heterocycles. The van der Waals surface area contributed by atoms with Crippen molar-refractivity contribution < 1.29 is 9.53 Å². The molecule has 0 radical (unpaired) electrons. The maximum atomic E-state index is 9.60. The molecule has 4 N–H and O–H groups in total. The Hall–Kier alpha value is -1.39. The van der Waals surface area contributed by atoms with Gasteiger partial charge in [0.2, 0.25) is 0 Å². The van der Waals surface area contributed by atoms with Crippen molar-refractivity contribution in [1.82, 2.24) is 0 Å². The SMILES string of the molecule is Cc1ccccc1.NCCC(N)COC=O. The zero-order valence-corrected chi connectivity index (χ0v) is 9.63. The van der Waals surface area contributed by atoms with E-state index in [0.717, 1.165) is 0 Å². The second kappa shape index (κ2) is 10.1. The van der Waals surface area contributed by atoms with Gasteiger partial charge in [-0.1, -0.05) is 35.9 Å². The largest absolute Gasteiger partial charge is 0.466 e. The Morgan fingerprint density at radius 1 is 1.38 bits per heavy atom. The number of rotatable bonds is 5. The second-order valence-electron chi connectivity index (χ2n) is 3.42. The number of aryl methyl sites for hydroxylation is 1. The topological polar surface area (TPSA) is 78.3 Å². The van der Waals surface area contributed by atoms with Crippen LogP contribution < -0.4 is 11.5 Å². The van der Waals surface area contributed by atoms with Gasteiger partial charge in [-0.05, 0) is 19.9 Å². The van der Waals surface area contributed by atoms with Crippen LogP contribution in [0.25, 0.3) is 0 Å². The molecule has 90 valence electrons. The molecule has 0 fully saturated rings. The van der Waals surface area contributed by atoms with Gasteiger partial charge < -0.3 is 16.2 Å². The van der Waals surface area contributed by atoms with Gasteiger partial charge in [-0.25, -0.2) is 0 Å². The number of hydrogen-bond donors (Lipinski definition) is 2. The molecule has 0 saturated carbocycles. The summed E-state index contributed by atoms with van der Waals surface area (Å²) >= 11 is 0. The van der Waals surface area contributed by atoms with Crippen LogP contribution in [0.1, 0.15) is 12.0 Å². The van der Waals surface area contributed by atoms with Crippen molar-refractivity contribution in [2.24, 2.45) is 11.5 Å². The first-order valence-electron chi connectivity index (χ1n) is 5.23. The highest BCUT2D eigenvalue weighted by Gasteiger charge is 1.98. The van der Waals surface area contributed by atoms with Crippen LogP contribution in [0.15, 0.2) is 30.3 Å². The van der Waals surface area contributed by atoms with E-state index in [4.69, 9.17) is 11.5 Å². The van der Waals surface area contributed by atoms with Crippen molar-refractivity contribution in [2.75, 3.05) is 13.2 Å². The highest BCUT2D eigenvalue weighted by Crippen LogP contribution is 1.92.